The fraction of sp³-hybridized carbons (Fsp3) is 0.417. The molecule has 0 spiro atoms. The molecule has 0 aliphatic carbocycles. The zero-order valence-electron chi connectivity index (χ0n) is 9.17. The maximum Gasteiger partial charge on any atom is 0.168 e. The van der Waals surface area contributed by atoms with Gasteiger partial charge >= 0.3 is 0 Å². The summed E-state index contributed by atoms with van der Waals surface area (Å²) >= 11 is 0. The van der Waals surface area contributed by atoms with Gasteiger partial charge in [-0.25, -0.2) is 8.78 Å². The predicted octanol–water partition coefficient (Wildman–Crippen LogP) is 2.67. The Hall–Kier alpha value is -1.29. The maximum atomic E-state index is 13.2. The van der Waals surface area contributed by atoms with E-state index in [1.165, 1.54) is 6.07 Å². The largest absolute Gasteiger partial charge is 0.328 e. The number of Topliss-reactive ketones (excluding diaryl/α,β-unsaturated/α-hetero) is 1. The van der Waals surface area contributed by atoms with Gasteiger partial charge in [0.2, 0.25) is 0 Å². The lowest BCUT2D eigenvalue weighted by molar-refractivity contribution is 0.0971. The minimum atomic E-state index is -0.800. The maximum absolute atomic E-state index is 13.2. The van der Waals surface area contributed by atoms with Crippen LogP contribution >= 0.6 is 0 Å². The van der Waals surface area contributed by atoms with Gasteiger partial charge in [-0.15, -0.1) is 0 Å². The van der Waals surface area contributed by atoms with Gasteiger partial charge in [-0.2, -0.15) is 0 Å². The summed E-state index contributed by atoms with van der Waals surface area (Å²) in [7, 11) is 0. The van der Waals surface area contributed by atoms with Crippen LogP contribution in [0.2, 0.25) is 0 Å². The highest BCUT2D eigenvalue weighted by Gasteiger charge is 2.16. The molecule has 2 nitrogen and oxygen atoms in total. The van der Waals surface area contributed by atoms with Crippen molar-refractivity contribution in [2.75, 3.05) is 0 Å². The number of carbonyl (C=O) groups is 1. The predicted molar refractivity (Wildman–Crippen MR) is 58.2 cm³/mol. The van der Waals surface area contributed by atoms with Gasteiger partial charge < -0.3 is 5.73 Å². The monoisotopic (exact) mass is 227 g/mol. The van der Waals surface area contributed by atoms with Crippen molar-refractivity contribution in [2.45, 2.75) is 32.2 Å². The molecule has 4 heteroatoms. The van der Waals surface area contributed by atoms with Crippen LogP contribution in [0.15, 0.2) is 18.2 Å². The molecular weight excluding hydrogens is 212 g/mol. The molecule has 0 aliphatic heterocycles. The van der Waals surface area contributed by atoms with Crippen molar-refractivity contribution in [3.63, 3.8) is 0 Å². The Morgan fingerprint density at radius 1 is 1.38 bits per heavy atom. The minimum absolute atomic E-state index is 0.00160. The number of hydrogen-bond acceptors (Lipinski definition) is 2. The van der Waals surface area contributed by atoms with Crippen molar-refractivity contribution in [2.24, 2.45) is 5.73 Å². The summed E-state index contributed by atoms with van der Waals surface area (Å²) in [6.07, 6.45) is 1.34. The summed E-state index contributed by atoms with van der Waals surface area (Å²) in [6, 6.07) is 3.41. The first-order chi connectivity index (χ1) is 7.52. The van der Waals surface area contributed by atoms with E-state index in [0.717, 1.165) is 12.1 Å². The van der Waals surface area contributed by atoms with Crippen LogP contribution in [0.3, 0.4) is 0 Å². The lowest BCUT2D eigenvalue weighted by Gasteiger charge is -2.05. The molecule has 0 saturated carbocycles. The van der Waals surface area contributed by atoms with E-state index in [-0.39, 0.29) is 12.5 Å². The number of hydrogen-bond donors (Lipinski definition) is 1. The molecule has 2 N–H and O–H groups in total. The summed E-state index contributed by atoms with van der Waals surface area (Å²) < 4.78 is 26.4. The zero-order chi connectivity index (χ0) is 12.1. The van der Waals surface area contributed by atoms with Crippen LogP contribution in [0.25, 0.3) is 0 Å². The van der Waals surface area contributed by atoms with E-state index in [1.807, 2.05) is 6.92 Å². The highest BCUT2D eigenvalue weighted by molar-refractivity contribution is 5.96. The van der Waals surface area contributed by atoms with E-state index in [1.54, 1.807) is 0 Å². The Bertz CT molecular complexity index is 357. The van der Waals surface area contributed by atoms with Gasteiger partial charge in [-0.3, -0.25) is 4.79 Å². The molecule has 0 fully saturated rings. The number of halogens is 2. The Morgan fingerprint density at radius 2 is 1.94 bits per heavy atom. The van der Waals surface area contributed by atoms with Crippen LogP contribution in [0.1, 0.15) is 36.5 Å². The average molecular weight is 227 g/mol. The van der Waals surface area contributed by atoms with Gasteiger partial charge in [0.1, 0.15) is 11.6 Å². The molecule has 0 radical (unpaired) electrons. The lowest BCUT2D eigenvalue weighted by Crippen LogP contribution is -2.15. The molecule has 88 valence electrons. The van der Waals surface area contributed by atoms with Crippen LogP contribution < -0.4 is 5.73 Å². The van der Waals surface area contributed by atoms with Crippen LogP contribution in [0.4, 0.5) is 8.78 Å². The molecule has 0 aliphatic rings. The lowest BCUT2D eigenvalue weighted by atomic mass is 10.0. The summed E-state index contributed by atoms with van der Waals surface area (Å²) in [4.78, 5) is 11.5. The third-order valence-corrected chi connectivity index (χ3v) is 2.30. The number of carbonyl (C=O) groups excluding carboxylic acids is 1. The molecule has 0 saturated heterocycles. The van der Waals surface area contributed by atoms with Crippen molar-refractivity contribution in [3.8, 4) is 0 Å². The van der Waals surface area contributed by atoms with Crippen LogP contribution in [0.5, 0.6) is 0 Å². The van der Waals surface area contributed by atoms with E-state index in [0.29, 0.717) is 12.8 Å². The summed E-state index contributed by atoms with van der Waals surface area (Å²) in [5, 5.41) is 0. The summed E-state index contributed by atoms with van der Waals surface area (Å²) in [6.45, 7) is 1.83. The Morgan fingerprint density at radius 3 is 2.44 bits per heavy atom. The first-order valence-electron chi connectivity index (χ1n) is 5.25. The third kappa shape index (κ3) is 3.38. The van der Waals surface area contributed by atoms with Gasteiger partial charge in [0.15, 0.2) is 5.78 Å². The number of ketones is 1. The van der Waals surface area contributed by atoms with Gasteiger partial charge in [-0.05, 0) is 31.9 Å². The molecule has 0 heterocycles. The molecule has 1 atom stereocenters. The van der Waals surface area contributed by atoms with E-state index in [9.17, 15) is 13.6 Å². The third-order valence-electron chi connectivity index (χ3n) is 2.30. The molecule has 1 aromatic rings. The van der Waals surface area contributed by atoms with Crippen LogP contribution in [-0.4, -0.2) is 11.8 Å². The van der Waals surface area contributed by atoms with Gasteiger partial charge in [0, 0.05) is 12.5 Å². The van der Waals surface area contributed by atoms with Crippen molar-refractivity contribution >= 4 is 5.78 Å². The van der Waals surface area contributed by atoms with Crippen molar-refractivity contribution in [3.05, 3.63) is 35.4 Å². The van der Waals surface area contributed by atoms with Crippen molar-refractivity contribution in [1.29, 1.82) is 0 Å². The SMILES string of the molecule is CC(N)CCCC(=O)c1c(F)cccc1F. The fourth-order valence-corrected chi connectivity index (χ4v) is 1.47. The normalized spacial score (nSPS) is 12.5. The Labute approximate surface area is 93.5 Å². The quantitative estimate of drug-likeness (QED) is 0.786. The standard InChI is InChI=1S/C12H15F2NO/c1-8(15)4-2-7-11(16)12-9(13)5-3-6-10(12)14/h3,5-6,8H,2,4,7,15H2,1H3. The van der Waals surface area contributed by atoms with Gasteiger partial charge in [0.25, 0.3) is 0 Å². The van der Waals surface area contributed by atoms with E-state index in [4.69, 9.17) is 5.73 Å². The zero-order valence-corrected chi connectivity index (χ0v) is 9.17. The molecular formula is C12H15F2NO. The second-order valence-electron chi connectivity index (χ2n) is 3.89. The van der Waals surface area contributed by atoms with Gasteiger partial charge in [0.05, 0.1) is 5.56 Å². The van der Waals surface area contributed by atoms with E-state index >= 15 is 0 Å². The number of rotatable bonds is 5. The molecule has 1 rings (SSSR count). The molecule has 16 heavy (non-hydrogen) atoms. The summed E-state index contributed by atoms with van der Waals surface area (Å²) in [5.74, 6) is -2.10. The van der Waals surface area contributed by atoms with Crippen molar-refractivity contribution in [1.82, 2.24) is 0 Å². The fourth-order valence-electron chi connectivity index (χ4n) is 1.47. The second-order valence-corrected chi connectivity index (χ2v) is 3.89. The number of nitrogens with two attached hydrogens (primary N) is 1. The Kier molecular flexibility index (Phi) is 4.55. The van der Waals surface area contributed by atoms with Crippen LogP contribution in [-0.2, 0) is 0 Å². The smallest absolute Gasteiger partial charge is 0.168 e. The topological polar surface area (TPSA) is 43.1 Å². The second kappa shape index (κ2) is 5.70. The molecule has 1 unspecified atom stereocenters. The molecule has 0 amide bonds. The first kappa shape index (κ1) is 12.8. The number of benzene rings is 1. The molecule has 0 bridgehead atoms. The minimum Gasteiger partial charge on any atom is -0.328 e. The Balaban J connectivity index is 2.66. The molecule has 0 aromatic heterocycles. The highest BCUT2D eigenvalue weighted by atomic mass is 19.1. The summed E-state index contributed by atoms with van der Waals surface area (Å²) in [5.41, 5.74) is 5.08. The van der Waals surface area contributed by atoms with E-state index < -0.39 is 23.0 Å². The van der Waals surface area contributed by atoms with E-state index in [2.05, 4.69) is 0 Å². The molecule has 1 aromatic carbocycles. The van der Waals surface area contributed by atoms with Gasteiger partial charge in [-0.1, -0.05) is 6.07 Å². The first-order valence-corrected chi connectivity index (χ1v) is 5.25. The highest BCUT2D eigenvalue weighted by Crippen LogP contribution is 2.15. The van der Waals surface area contributed by atoms with Crippen molar-refractivity contribution < 1.29 is 13.6 Å². The van der Waals surface area contributed by atoms with Crippen LogP contribution in [0, 0.1) is 11.6 Å². The average Bonchev–Trinajstić information content (AvgIpc) is 2.16.